The number of nitrogens with zero attached hydrogens (tertiary/aromatic N) is 1. The molecule has 0 spiro atoms. The van der Waals surface area contributed by atoms with Gasteiger partial charge in [0.1, 0.15) is 0 Å². The van der Waals surface area contributed by atoms with Crippen LogP contribution >= 0.6 is 0 Å². The average molecular weight is 355 g/mol. The molecule has 2 nitrogen and oxygen atoms in total. The summed E-state index contributed by atoms with van der Waals surface area (Å²) in [6.07, 6.45) is 1.95. The monoisotopic (exact) mass is 355 g/mol. The van der Waals surface area contributed by atoms with Crippen LogP contribution in [0.25, 0.3) is 0 Å². The Bertz CT molecular complexity index is 885. The van der Waals surface area contributed by atoms with E-state index in [0.717, 1.165) is 23.4 Å². The predicted octanol–water partition coefficient (Wildman–Crippen LogP) is 5.97. The molecule has 0 saturated carbocycles. The highest BCUT2D eigenvalue weighted by Crippen LogP contribution is 2.34. The standard InChI is InChI=1S/C25H25NO/c1-3-24(20(2)27)25(22-15-9-5-10-16-22)26(23-17-11-6-12-18-23)19-21-13-7-4-8-14-21/h3-18,25H,19H2,1-2H3/b24-3-. The second kappa shape index (κ2) is 9.00. The summed E-state index contributed by atoms with van der Waals surface area (Å²) in [5.41, 5.74) is 4.22. The van der Waals surface area contributed by atoms with Crippen LogP contribution in [0.4, 0.5) is 5.69 Å². The first-order valence-electron chi connectivity index (χ1n) is 9.28. The smallest absolute Gasteiger partial charge is 0.157 e. The number of rotatable bonds is 7. The lowest BCUT2D eigenvalue weighted by molar-refractivity contribution is -0.113. The van der Waals surface area contributed by atoms with E-state index < -0.39 is 0 Å². The minimum absolute atomic E-state index is 0.0975. The number of para-hydroxylation sites is 1. The largest absolute Gasteiger partial charge is 0.356 e. The van der Waals surface area contributed by atoms with Crippen LogP contribution in [0.2, 0.25) is 0 Å². The van der Waals surface area contributed by atoms with E-state index in [2.05, 4.69) is 53.4 Å². The van der Waals surface area contributed by atoms with E-state index in [0.29, 0.717) is 0 Å². The number of carbonyl (C=O) groups is 1. The van der Waals surface area contributed by atoms with Crippen LogP contribution in [0.5, 0.6) is 0 Å². The molecule has 1 unspecified atom stereocenters. The molecule has 0 saturated heterocycles. The van der Waals surface area contributed by atoms with E-state index in [4.69, 9.17) is 0 Å². The molecule has 0 fully saturated rings. The van der Waals surface area contributed by atoms with E-state index in [1.807, 2.05) is 55.5 Å². The molecule has 0 radical (unpaired) electrons. The molecule has 3 rings (SSSR count). The van der Waals surface area contributed by atoms with Crippen molar-refractivity contribution in [2.75, 3.05) is 4.90 Å². The number of anilines is 1. The van der Waals surface area contributed by atoms with Gasteiger partial charge in [0.05, 0.1) is 6.04 Å². The Kier molecular flexibility index (Phi) is 6.22. The van der Waals surface area contributed by atoms with Gasteiger partial charge in [0.25, 0.3) is 0 Å². The summed E-state index contributed by atoms with van der Waals surface area (Å²) in [5, 5.41) is 0. The highest BCUT2D eigenvalue weighted by molar-refractivity contribution is 5.95. The van der Waals surface area contributed by atoms with Gasteiger partial charge in [-0.3, -0.25) is 4.79 Å². The molecule has 1 atom stereocenters. The summed E-state index contributed by atoms with van der Waals surface area (Å²) in [7, 11) is 0. The lowest BCUT2D eigenvalue weighted by atomic mass is 9.93. The molecule has 0 aliphatic carbocycles. The van der Waals surface area contributed by atoms with Crippen molar-refractivity contribution in [2.45, 2.75) is 26.4 Å². The molecule has 136 valence electrons. The lowest BCUT2D eigenvalue weighted by Gasteiger charge is -2.35. The normalized spacial score (nSPS) is 12.4. The number of Topliss-reactive ketones (excluding diaryl/α,β-unsaturated/α-hetero) is 1. The second-order valence-electron chi connectivity index (χ2n) is 6.56. The molecular formula is C25H25NO. The highest BCUT2D eigenvalue weighted by Gasteiger charge is 2.27. The predicted molar refractivity (Wildman–Crippen MR) is 113 cm³/mol. The zero-order valence-corrected chi connectivity index (χ0v) is 15.9. The number of benzene rings is 3. The van der Waals surface area contributed by atoms with E-state index in [9.17, 15) is 4.79 Å². The molecule has 0 aliphatic rings. The van der Waals surface area contributed by atoms with Crippen molar-refractivity contribution in [2.24, 2.45) is 0 Å². The van der Waals surface area contributed by atoms with E-state index in [1.54, 1.807) is 6.92 Å². The first kappa shape index (κ1) is 18.7. The van der Waals surface area contributed by atoms with Crippen LogP contribution in [0.3, 0.4) is 0 Å². The zero-order valence-electron chi connectivity index (χ0n) is 15.9. The third-order valence-corrected chi connectivity index (χ3v) is 4.72. The van der Waals surface area contributed by atoms with Crippen molar-refractivity contribution in [1.82, 2.24) is 0 Å². The van der Waals surface area contributed by atoms with Gasteiger partial charge in [0, 0.05) is 17.8 Å². The Labute approximate surface area is 161 Å². The van der Waals surface area contributed by atoms with E-state index >= 15 is 0 Å². The van der Waals surface area contributed by atoms with Gasteiger partial charge < -0.3 is 4.90 Å². The lowest BCUT2D eigenvalue weighted by Crippen LogP contribution is -2.31. The third kappa shape index (κ3) is 4.53. The second-order valence-corrected chi connectivity index (χ2v) is 6.56. The molecular weight excluding hydrogens is 330 g/mol. The van der Waals surface area contributed by atoms with Gasteiger partial charge in [-0.05, 0) is 37.1 Å². The topological polar surface area (TPSA) is 20.3 Å². The van der Waals surface area contributed by atoms with Crippen LogP contribution in [-0.4, -0.2) is 5.78 Å². The SMILES string of the molecule is C/C=C(/C(C)=O)C(c1ccccc1)N(Cc1ccccc1)c1ccccc1. The average Bonchev–Trinajstić information content (AvgIpc) is 2.72. The minimum Gasteiger partial charge on any atom is -0.356 e. The van der Waals surface area contributed by atoms with Gasteiger partial charge in [0.2, 0.25) is 0 Å². The van der Waals surface area contributed by atoms with Gasteiger partial charge in [-0.25, -0.2) is 0 Å². The van der Waals surface area contributed by atoms with Gasteiger partial charge in [-0.1, -0.05) is 84.9 Å². The number of hydrogen-bond donors (Lipinski definition) is 0. The Hall–Kier alpha value is -3.13. The van der Waals surface area contributed by atoms with Crippen molar-refractivity contribution in [3.8, 4) is 0 Å². The molecule has 2 heteroatoms. The summed E-state index contributed by atoms with van der Waals surface area (Å²) >= 11 is 0. The molecule has 3 aromatic carbocycles. The summed E-state index contributed by atoms with van der Waals surface area (Å²) in [4.78, 5) is 14.8. The van der Waals surface area contributed by atoms with Gasteiger partial charge in [-0.2, -0.15) is 0 Å². The maximum Gasteiger partial charge on any atom is 0.157 e. The summed E-state index contributed by atoms with van der Waals surface area (Å²) in [5.74, 6) is 0.0975. The first-order chi connectivity index (χ1) is 13.2. The summed E-state index contributed by atoms with van der Waals surface area (Å²) < 4.78 is 0. The number of carbonyl (C=O) groups excluding carboxylic acids is 1. The van der Waals surface area contributed by atoms with Crippen molar-refractivity contribution >= 4 is 11.5 Å². The Balaban J connectivity index is 2.14. The van der Waals surface area contributed by atoms with Crippen LogP contribution < -0.4 is 4.90 Å². The Morgan fingerprint density at radius 1 is 0.852 bits per heavy atom. The third-order valence-electron chi connectivity index (χ3n) is 4.72. The molecule has 0 aromatic heterocycles. The first-order valence-corrected chi connectivity index (χ1v) is 9.28. The van der Waals surface area contributed by atoms with Crippen LogP contribution in [0.1, 0.15) is 31.0 Å². The number of allylic oxidation sites excluding steroid dienone is 1. The van der Waals surface area contributed by atoms with Gasteiger partial charge >= 0.3 is 0 Å². The Morgan fingerprint density at radius 3 is 1.89 bits per heavy atom. The highest BCUT2D eigenvalue weighted by atomic mass is 16.1. The van der Waals surface area contributed by atoms with Gasteiger partial charge in [-0.15, -0.1) is 0 Å². The van der Waals surface area contributed by atoms with E-state index in [1.165, 1.54) is 5.56 Å². The molecule has 0 bridgehead atoms. The van der Waals surface area contributed by atoms with Crippen LogP contribution in [0.15, 0.2) is 103 Å². The minimum atomic E-state index is -0.142. The summed E-state index contributed by atoms with van der Waals surface area (Å²) in [6.45, 7) is 4.31. The Morgan fingerprint density at radius 2 is 1.37 bits per heavy atom. The van der Waals surface area contributed by atoms with Crippen LogP contribution in [0, 0.1) is 0 Å². The maximum absolute atomic E-state index is 12.5. The van der Waals surface area contributed by atoms with Crippen molar-refractivity contribution in [1.29, 1.82) is 0 Å². The van der Waals surface area contributed by atoms with Crippen molar-refractivity contribution in [3.63, 3.8) is 0 Å². The maximum atomic E-state index is 12.5. The number of ketones is 1. The fraction of sp³-hybridized carbons (Fsp3) is 0.160. The summed E-state index contributed by atoms with van der Waals surface area (Å²) in [6, 6.07) is 30.8. The fourth-order valence-electron chi connectivity index (χ4n) is 3.45. The van der Waals surface area contributed by atoms with Crippen molar-refractivity contribution < 1.29 is 4.79 Å². The van der Waals surface area contributed by atoms with E-state index in [-0.39, 0.29) is 11.8 Å². The molecule has 0 aliphatic heterocycles. The molecule has 0 N–H and O–H groups in total. The zero-order chi connectivity index (χ0) is 19.1. The fourth-order valence-corrected chi connectivity index (χ4v) is 3.45. The molecule has 3 aromatic rings. The van der Waals surface area contributed by atoms with Gasteiger partial charge in [0.15, 0.2) is 5.78 Å². The van der Waals surface area contributed by atoms with Crippen molar-refractivity contribution in [3.05, 3.63) is 114 Å². The quantitative estimate of drug-likeness (QED) is 0.487. The molecule has 0 heterocycles. The molecule has 0 amide bonds. The number of hydrogen-bond acceptors (Lipinski definition) is 2. The van der Waals surface area contributed by atoms with Crippen LogP contribution in [-0.2, 0) is 11.3 Å². The molecule has 27 heavy (non-hydrogen) atoms.